The van der Waals surface area contributed by atoms with Gasteiger partial charge in [0.2, 0.25) is 0 Å². The van der Waals surface area contributed by atoms with Crippen molar-refractivity contribution in [3.05, 3.63) is 60.2 Å². The number of urea groups is 1. The lowest BCUT2D eigenvalue weighted by molar-refractivity contribution is -0.120. The summed E-state index contributed by atoms with van der Waals surface area (Å²) < 4.78 is 0. The zero-order chi connectivity index (χ0) is 19.1. The zero-order valence-corrected chi connectivity index (χ0v) is 15.6. The number of carbonyl (C=O) groups is 2. The molecule has 1 aliphatic heterocycles. The van der Waals surface area contributed by atoms with E-state index in [0.717, 1.165) is 24.3 Å². The molecule has 2 aromatic carbocycles. The molecule has 0 aromatic heterocycles. The van der Waals surface area contributed by atoms with Crippen LogP contribution in [-0.4, -0.2) is 31.6 Å². The van der Waals surface area contributed by atoms with Crippen molar-refractivity contribution < 1.29 is 9.59 Å². The lowest BCUT2D eigenvalue weighted by Crippen LogP contribution is -2.43. The zero-order valence-electron chi connectivity index (χ0n) is 15.6. The highest BCUT2D eigenvalue weighted by Gasteiger charge is 2.22. The van der Waals surface area contributed by atoms with Crippen LogP contribution in [0, 0.1) is 0 Å². The van der Waals surface area contributed by atoms with E-state index in [4.69, 9.17) is 0 Å². The number of anilines is 2. The molecule has 6 nitrogen and oxygen atoms in total. The summed E-state index contributed by atoms with van der Waals surface area (Å²) in [6.07, 6.45) is 2.46. The molecule has 1 heterocycles. The van der Waals surface area contributed by atoms with Crippen LogP contribution in [-0.2, 0) is 4.79 Å². The predicted molar refractivity (Wildman–Crippen MR) is 108 cm³/mol. The average molecular weight is 366 g/mol. The number of benzene rings is 2. The van der Waals surface area contributed by atoms with Gasteiger partial charge in [0.05, 0.1) is 0 Å². The Hall–Kier alpha value is -3.02. The second-order valence-corrected chi connectivity index (χ2v) is 6.58. The smallest absolute Gasteiger partial charge is 0.321 e. The van der Waals surface area contributed by atoms with Crippen molar-refractivity contribution in [2.45, 2.75) is 25.8 Å². The normalized spacial score (nSPS) is 14.5. The fourth-order valence-electron chi connectivity index (χ4n) is 3.25. The number of hydrogen-bond acceptors (Lipinski definition) is 4. The third-order valence-electron chi connectivity index (χ3n) is 4.62. The predicted octanol–water partition coefficient (Wildman–Crippen LogP) is 3.29. The molecule has 0 radical (unpaired) electrons. The number of nitrogens with one attached hydrogen (secondary N) is 3. The van der Waals surface area contributed by atoms with E-state index in [2.05, 4.69) is 33.0 Å². The first kappa shape index (κ1) is 18.8. The Bertz CT molecular complexity index is 756. The van der Waals surface area contributed by atoms with Gasteiger partial charge in [-0.2, -0.15) is 0 Å². The van der Waals surface area contributed by atoms with E-state index in [0.29, 0.717) is 6.54 Å². The first-order chi connectivity index (χ1) is 13.2. The largest absolute Gasteiger partial charge is 0.372 e. The van der Waals surface area contributed by atoms with Crippen LogP contribution in [0.4, 0.5) is 16.2 Å². The third kappa shape index (κ3) is 5.00. The Balaban J connectivity index is 1.74. The fraction of sp³-hybridized carbons (Fsp3) is 0.333. The number of rotatable bonds is 6. The molecule has 3 amide bonds. The van der Waals surface area contributed by atoms with Crippen LogP contribution < -0.4 is 20.9 Å². The summed E-state index contributed by atoms with van der Waals surface area (Å²) in [4.78, 5) is 26.8. The molecule has 0 aliphatic carbocycles. The molecule has 0 spiro atoms. The highest BCUT2D eigenvalue weighted by atomic mass is 16.2. The molecular weight excluding hydrogens is 340 g/mol. The van der Waals surface area contributed by atoms with Crippen LogP contribution in [0.2, 0.25) is 0 Å². The van der Waals surface area contributed by atoms with Gasteiger partial charge in [-0.25, -0.2) is 4.79 Å². The molecule has 3 rings (SSSR count). The van der Waals surface area contributed by atoms with Gasteiger partial charge >= 0.3 is 6.03 Å². The van der Waals surface area contributed by atoms with E-state index in [9.17, 15) is 9.59 Å². The van der Waals surface area contributed by atoms with Gasteiger partial charge in [-0.1, -0.05) is 30.3 Å². The maximum Gasteiger partial charge on any atom is 0.321 e. The van der Waals surface area contributed by atoms with Crippen molar-refractivity contribution in [2.24, 2.45) is 0 Å². The van der Waals surface area contributed by atoms with Crippen molar-refractivity contribution in [3.63, 3.8) is 0 Å². The van der Waals surface area contributed by atoms with Crippen LogP contribution in [0.3, 0.4) is 0 Å². The molecular formula is C21H26N4O2. The van der Waals surface area contributed by atoms with Crippen LogP contribution in [0.1, 0.15) is 31.4 Å². The van der Waals surface area contributed by atoms with Crippen molar-refractivity contribution in [3.8, 4) is 0 Å². The average Bonchev–Trinajstić information content (AvgIpc) is 3.22. The molecule has 0 bridgehead atoms. The second kappa shape index (κ2) is 9.07. The highest BCUT2D eigenvalue weighted by Crippen LogP contribution is 2.25. The van der Waals surface area contributed by atoms with Gasteiger partial charge in [-0.3, -0.25) is 10.1 Å². The van der Waals surface area contributed by atoms with Gasteiger partial charge in [0.25, 0.3) is 5.91 Å². The van der Waals surface area contributed by atoms with Gasteiger partial charge in [0.15, 0.2) is 0 Å². The minimum Gasteiger partial charge on any atom is -0.372 e. The Morgan fingerprint density at radius 3 is 2.30 bits per heavy atom. The van der Waals surface area contributed by atoms with Gasteiger partial charge in [0, 0.05) is 31.0 Å². The summed E-state index contributed by atoms with van der Waals surface area (Å²) in [6, 6.07) is 16.3. The minimum absolute atomic E-state index is 0.393. The van der Waals surface area contributed by atoms with Crippen molar-refractivity contribution in [1.82, 2.24) is 10.6 Å². The van der Waals surface area contributed by atoms with Crippen LogP contribution in [0.15, 0.2) is 54.6 Å². The summed E-state index contributed by atoms with van der Waals surface area (Å²) in [6.45, 7) is 4.45. The second-order valence-electron chi connectivity index (χ2n) is 6.58. The first-order valence-electron chi connectivity index (χ1n) is 9.42. The van der Waals surface area contributed by atoms with E-state index in [-0.39, 0.29) is 0 Å². The molecule has 0 saturated carbocycles. The Morgan fingerprint density at radius 1 is 1.00 bits per heavy atom. The van der Waals surface area contributed by atoms with E-state index in [1.807, 2.05) is 42.5 Å². The molecule has 6 heteroatoms. The summed E-state index contributed by atoms with van der Waals surface area (Å²) in [5.41, 5.74) is 2.82. The monoisotopic (exact) mass is 366 g/mol. The molecule has 1 aliphatic rings. The summed E-state index contributed by atoms with van der Waals surface area (Å²) in [5.74, 6) is -0.393. The number of nitrogens with zero attached hydrogens (tertiary/aromatic N) is 1. The first-order valence-corrected chi connectivity index (χ1v) is 9.42. The summed E-state index contributed by atoms with van der Waals surface area (Å²) in [5, 5.41) is 8.23. The minimum atomic E-state index is -0.661. The molecule has 0 unspecified atom stereocenters. The maximum absolute atomic E-state index is 12.7. The van der Waals surface area contributed by atoms with Crippen LogP contribution in [0.5, 0.6) is 0 Å². The molecule has 27 heavy (non-hydrogen) atoms. The fourth-order valence-corrected chi connectivity index (χ4v) is 3.25. The van der Waals surface area contributed by atoms with Crippen molar-refractivity contribution >= 4 is 23.3 Å². The van der Waals surface area contributed by atoms with Gasteiger partial charge in [-0.05, 0) is 49.6 Å². The molecule has 1 atom stereocenters. The third-order valence-corrected chi connectivity index (χ3v) is 4.62. The molecule has 1 fully saturated rings. The van der Waals surface area contributed by atoms with Gasteiger partial charge < -0.3 is 15.5 Å². The van der Waals surface area contributed by atoms with E-state index in [1.165, 1.54) is 18.5 Å². The van der Waals surface area contributed by atoms with E-state index >= 15 is 0 Å². The van der Waals surface area contributed by atoms with Crippen LogP contribution in [0.25, 0.3) is 0 Å². The lowest BCUT2D eigenvalue weighted by Gasteiger charge is -2.21. The van der Waals surface area contributed by atoms with Crippen molar-refractivity contribution in [1.29, 1.82) is 0 Å². The Labute approximate surface area is 159 Å². The highest BCUT2D eigenvalue weighted by molar-refractivity contribution is 5.98. The van der Waals surface area contributed by atoms with E-state index < -0.39 is 18.0 Å². The van der Waals surface area contributed by atoms with Gasteiger partial charge in [0.1, 0.15) is 6.04 Å². The van der Waals surface area contributed by atoms with Gasteiger partial charge in [-0.15, -0.1) is 0 Å². The topological polar surface area (TPSA) is 73.5 Å². The number of carbonyl (C=O) groups excluding carboxylic acids is 2. The standard InChI is InChI=1S/C21H26N4O2/c1-2-22-21(27)24-20(26)19(16-8-4-3-5-9-16)23-17-10-12-18(13-11-17)25-14-6-7-15-25/h3-5,8-13,19,23H,2,6-7,14-15H2,1H3,(H2,22,24,26,27)/t19-/m0/s1. The summed E-state index contributed by atoms with van der Waals surface area (Å²) in [7, 11) is 0. The van der Waals surface area contributed by atoms with Crippen LogP contribution >= 0.6 is 0 Å². The summed E-state index contributed by atoms with van der Waals surface area (Å²) >= 11 is 0. The van der Waals surface area contributed by atoms with E-state index in [1.54, 1.807) is 6.92 Å². The number of hydrogen-bond donors (Lipinski definition) is 3. The quantitative estimate of drug-likeness (QED) is 0.733. The molecule has 1 saturated heterocycles. The number of imide groups is 1. The molecule has 142 valence electrons. The SMILES string of the molecule is CCNC(=O)NC(=O)[C@@H](Nc1ccc(N2CCCC2)cc1)c1ccccc1. The lowest BCUT2D eigenvalue weighted by atomic mass is 10.1. The maximum atomic E-state index is 12.7. The Morgan fingerprint density at radius 2 is 1.67 bits per heavy atom. The molecule has 2 aromatic rings. The molecule has 3 N–H and O–H groups in total. The number of amides is 3. The van der Waals surface area contributed by atoms with Crippen molar-refractivity contribution in [2.75, 3.05) is 29.9 Å². The Kier molecular flexibility index (Phi) is 6.30.